The fourth-order valence-electron chi connectivity index (χ4n) is 1.82. The molecule has 108 valence electrons. The van der Waals surface area contributed by atoms with Crippen molar-refractivity contribution >= 4 is 11.8 Å². The SMILES string of the molecule is CC(C)Oc1ccc(C(N)CSc2cnn(C)c2)cc1. The van der Waals surface area contributed by atoms with Crippen molar-refractivity contribution in [3.8, 4) is 5.75 Å². The predicted octanol–water partition coefficient (Wildman–Crippen LogP) is 3.00. The Morgan fingerprint density at radius 3 is 2.55 bits per heavy atom. The van der Waals surface area contributed by atoms with Crippen molar-refractivity contribution in [2.45, 2.75) is 30.9 Å². The van der Waals surface area contributed by atoms with Crippen LogP contribution in [0.25, 0.3) is 0 Å². The molecule has 1 aromatic carbocycles. The van der Waals surface area contributed by atoms with Crippen molar-refractivity contribution in [2.75, 3.05) is 5.75 Å². The van der Waals surface area contributed by atoms with Gasteiger partial charge in [0.15, 0.2) is 0 Å². The van der Waals surface area contributed by atoms with Crippen molar-refractivity contribution in [1.82, 2.24) is 9.78 Å². The molecule has 0 fully saturated rings. The molecule has 1 heterocycles. The van der Waals surface area contributed by atoms with E-state index in [4.69, 9.17) is 10.5 Å². The number of aryl methyl sites for hydroxylation is 1. The monoisotopic (exact) mass is 291 g/mol. The Balaban J connectivity index is 1.90. The second-order valence-electron chi connectivity index (χ2n) is 5.00. The second-order valence-corrected chi connectivity index (χ2v) is 6.10. The number of thioether (sulfide) groups is 1. The molecule has 0 radical (unpaired) electrons. The topological polar surface area (TPSA) is 53.1 Å². The van der Waals surface area contributed by atoms with E-state index in [2.05, 4.69) is 5.10 Å². The number of ether oxygens (including phenoxy) is 1. The van der Waals surface area contributed by atoms with Crippen molar-refractivity contribution in [3.63, 3.8) is 0 Å². The molecule has 5 heteroatoms. The maximum Gasteiger partial charge on any atom is 0.119 e. The summed E-state index contributed by atoms with van der Waals surface area (Å²) in [6.07, 6.45) is 4.05. The van der Waals surface area contributed by atoms with E-state index < -0.39 is 0 Å². The molecule has 0 amide bonds. The van der Waals surface area contributed by atoms with Gasteiger partial charge in [0, 0.05) is 29.9 Å². The van der Waals surface area contributed by atoms with Crippen LogP contribution < -0.4 is 10.5 Å². The first-order valence-electron chi connectivity index (χ1n) is 6.68. The zero-order chi connectivity index (χ0) is 14.5. The Morgan fingerprint density at radius 2 is 2.00 bits per heavy atom. The fraction of sp³-hybridized carbons (Fsp3) is 0.400. The molecular weight excluding hydrogens is 270 g/mol. The highest BCUT2D eigenvalue weighted by atomic mass is 32.2. The minimum atomic E-state index is 0.00769. The molecule has 2 aromatic rings. The largest absolute Gasteiger partial charge is 0.491 e. The van der Waals surface area contributed by atoms with E-state index in [1.165, 1.54) is 0 Å². The third-order valence-electron chi connectivity index (χ3n) is 2.79. The number of hydrogen-bond donors (Lipinski definition) is 1. The Kier molecular flexibility index (Phi) is 5.09. The molecule has 1 aromatic heterocycles. The summed E-state index contributed by atoms with van der Waals surface area (Å²) in [4.78, 5) is 1.14. The number of hydrogen-bond acceptors (Lipinski definition) is 4. The van der Waals surface area contributed by atoms with E-state index in [-0.39, 0.29) is 12.1 Å². The number of nitrogens with zero attached hydrogens (tertiary/aromatic N) is 2. The van der Waals surface area contributed by atoms with Crippen LogP contribution in [0.5, 0.6) is 5.75 Å². The molecule has 0 aliphatic carbocycles. The number of rotatable bonds is 6. The molecule has 0 saturated carbocycles. The molecule has 1 atom stereocenters. The first-order valence-corrected chi connectivity index (χ1v) is 7.67. The normalized spacial score (nSPS) is 12.7. The number of aromatic nitrogens is 2. The number of benzene rings is 1. The summed E-state index contributed by atoms with van der Waals surface area (Å²) in [5.74, 6) is 1.71. The van der Waals surface area contributed by atoms with Crippen LogP contribution in [0.2, 0.25) is 0 Å². The van der Waals surface area contributed by atoms with Crippen LogP contribution in [0.3, 0.4) is 0 Å². The summed E-state index contributed by atoms with van der Waals surface area (Å²) in [5, 5.41) is 4.14. The summed E-state index contributed by atoms with van der Waals surface area (Å²) in [6.45, 7) is 4.04. The molecule has 0 aliphatic rings. The highest BCUT2D eigenvalue weighted by molar-refractivity contribution is 7.99. The van der Waals surface area contributed by atoms with E-state index in [0.717, 1.165) is 22.0 Å². The lowest BCUT2D eigenvalue weighted by molar-refractivity contribution is 0.242. The molecule has 0 aliphatic heterocycles. The van der Waals surface area contributed by atoms with E-state index in [9.17, 15) is 0 Å². The van der Waals surface area contributed by atoms with Gasteiger partial charge in [0.1, 0.15) is 5.75 Å². The number of nitrogens with two attached hydrogens (primary N) is 1. The van der Waals surface area contributed by atoms with Gasteiger partial charge in [-0.05, 0) is 31.5 Å². The zero-order valence-corrected chi connectivity index (χ0v) is 12.9. The fourth-order valence-corrected chi connectivity index (χ4v) is 2.73. The summed E-state index contributed by atoms with van der Waals surface area (Å²) in [7, 11) is 1.91. The first-order chi connectivity index (χ1) is 9.54. The second kappa shape index (κ2) is 6.81. The lowest BCUT2D eigenvalue weighted by Crippen LogP contribution is -2.13. The van der Waals surface area contributed by atoms with Gasteiger partial charge in [0.05, 0.1) is 12.3 Å². The summed E-state index contributed by atoms with van der Waals surface area (Å²) in [6, 6.07) is 8.03. The molecule has 2 rings (SSSR count). The van der Waals surface area contributed by atoms with Crippen LogP contribution in [-0.2, 0) is 7.05 Å². The quantitative estimate of drug-likeness (QED) is 0.831. The van der Waals surface area contributed by atoms with Gasteiger partial charge < -0.3 is 10.5 Å². The van der Waals surface area contributed by atoms with Crippen molar-refractivity contribution in [2.24, 2.45) is 12.8 Å². The molecule has 20 heavy (non-hydrogen) atoms. The van der Waals surface area contributed by atoms with Crippen molar-refractivity contribution < 1.29 is 4.74 Å². The van der Waals surface area contributed by atoms with Crippen molar-refractivity contribution in [3.05, 3.63) is 42.2 Å². The zero-order valence-electron chi connectivity index (χ0n) is 12.1. The van der Waals surface area contributed by atoms with Crippen molar-refractivity contribution in [1.29, 1.82) is 0 Å². The van der Waals surface area contributed by atoms with Crippen LogP contribution >= 0.6 is 11.8 Å². The molecule has 0 saturated heterocycles. The highest BCUT2D eigenvalue weighted by Gasteiger charge is 2.08. The Bertz CT molecular complexity index is 536. The van der Waals surface area contributed by atoms with E-state index in [1.54, 1.807) is 16.4 Å². The molecule has 2 N–H and O–H groups in total. The average molecular weight is 291 g/mol. The molecule has 0 spiro atoms. The third kappa shape index (κ3) is 4.28. The Morgan fingerprint density at radius 1 is 1.30 bits per heavy atom. The average Bonchev–Trinajstić information content (AvgIpc) is 2.82. The van der Waals surface area contributed by atoms with E-state index >= 15 is 0 Å². The predicted molar refractivity (Wildman–Crippen MR) is 83.1 cm³/mol. The summed E-state index contributed by atoms with van der Waals surface area (Å²) >= 11 is 1.72. The highest BCUT2D eigenvalue weighted by Crippen LogP contribution is 2.24. The van der Waals surface area contributed by atoms with Gasteiger partial charge in [-0.25, -0.2) is 0 Å². The van der Waals surface area contributed by atoms with Gasteiger partial charge >= 0.3 is 0 Å². The Hall–Kier alpha value is -1.46. The van der Waals surface area contributed by atoms with Gasteiger partial charge in [-0.2, -0.15) is 5.10 Å². The van der Waals surface area contributed by atoms with Gasteiger partial charge in [0.2, 0.25) is 0 Å². The van der Waals surface area contributed by atoms with Gasteiger partial charge in [-0.15, -0.1) is 11.8 Å². The lowest BCUT2D eigenvalue weighted by atomic mass is 10.1. The molecule has 1 unspecified atom stereocenters. The van der Waals surface area contributed by atoms with Gasteiger partial charge in [-0.1, -0.05) is 12.1 Å². The van der Waals surface area contributed by atoms with Crippen LogP contribution in [0.1, 0.15) is 25.5 Å². The van der Waals surface area contributed by atoms with Crippen LogP contribution in [0.4, 0.5) is 0 Å². The smallest absolute Gasteiger partial charge is 0.119 e. The molecule has 0 bridgehead atoms. The lowest BCUT2D eigenvalue weighted by Gasteiger charge is -2.13. The van der Waals surface area contributed by atoms with Gasteiger partial charge in [0.25, 0.3) is 0 Å². The Labute approximate surface area is 124 Å². The first kappa shape index (κ1) is 14.9. The maximum absolute atomic E-state index is 6.21. The summed E-state index contributed by atoms with van der Waals surface area (Å²) < 4.78 is 7.42. The van der Waals surface area contributed by atoms with Gasteiger partial charge in [-0.3, -0.25) is 4.68 Å². The standard InChI is InChI=1S/C15H21N3OS/c1-11(2)19-13-6-4-12(5-7-13)15(16)10-20-14-8-17-18(3)9-14/h4-9,11,15H,10,16H2,1-3H3. The van der Waals surface area contributed by atoms with Crippen LogP contribution in [0.15, 0.2) is 41.6 Å². The summed E-state index contributed by atoms with van der Waals surface area (Å²) in [5.41, 5.74) is 7.33. The maximum atomic E-state index is 6.21. The van der Waals surface area contributed by atoms with E-state index in [0.29, 0.717) is 0 Å². The van der Waals surface area contributed by atoms with E-state index in [1.807, 2.05) is 57.6 Å². The molecule has 4 nitrogen and oxygen atoms in total. The minimum absolute atomic E-state index is 0.00769. The van der Waals surface area contributed by atoms with Crippen LogP contribution in [0, 0.1) is 0 Å². The third-order valence-corrected chi connectivity index (χ3v) is 3.86. The van der Waals surface area contributed by atoms with Crippen LogP contribution in [-0.4, -0.2) is 21.6 Å². The molecular formula is C15H21N3OS. The minimum Gasteiger partial charge on any atom is -0.491 e.